The topological polar surface area (TPSA) is 81.7 Å². The minimum Gasteiger partial charge on any atom is -0.462 e. The van der Waals surface area contributed by atoms with Gasteiger partial charge in [-0.25, -0.2) is 9.59 Å². The van der Waals surface area contributed by atoms with E-state index < -0.39 is 11.9 Å². The number of rotatable bonds is 8. The molecule has 0 radical (unpaired) electrons. The standard InChI is InChI=1S/C22H25NO5S/c1-5-27-21(25)18-15(4)19(29-20(18)23-17(24)13-14(2)3)22(26)28-12-11-16-9-7-6-8-10-16/h6-10,13H,5,11-12H2,1-4H3,(H,23,24). The van der Waals surface area contributed by atoms with Gasteiger partial charge >= 0.3 is 11.9 Å². The number of carbonyl (C=O) groups is 3. The molecule has 1 N–H and O–H groups in total. The van der Waals surface area contributed by atoms with E-state index in [0.29, 0.717) is 12.0 Å². The van der Waals surface area contributed by atoms with Gasteiger partial charge < -0.3 is 14.8 Å². The fourth-order valence-electron chi connectivity index (χ4n) is 2.63. The first-order valence-corrected chi connectivity index (χ1v) is 10.1. The lowest BCUT2D eigenvalue weighted by molar-refractivity contribution is -0.111. The van der Waals surface area contributed by atoms with E-state index >= 15 is 0 Å². The minimum atomic E-state index is -0.586. The Morgan fingerprint density at radius 1 is 1.07 bits per heavy atom. The van der Waals surface area contributed by atoms with E-state index in [4.69, 9.17) is 9.47 Å². The van der Waals surface area contributed by atoms with E-state index in [1.165, 1.54) is 6.08 Å². The summed E-state index contributed by atoms with van der Waals surface area (Å²) >= 11 is 1.01. The number of thiophene rings is 1. The van der Waals surface area contributed by atoms with Crippen molar-refractivity contribution in [3.05, 3.63) is 63.5 Å². The van der Waals surface area contributed by atoms with Gasteiger partial charge in [0, 0.05) is 12.5 Å². The Hall–Kier alpha value is -2.93. The van der Waals surface area contributed by atoms with E-state index in [0.717, 1.165) is 22.5 Å². The van der Waals surface area contributed by atoms with Crippen LogP contribution in [0.3, 0.4) is 0 Å². The van der Waals surface area contributed by atoms with E-state index in [2.05, 4.69) is 5.32 Å². The molecule has 29 heavy (non-hydrogen) atoms. The van der Waals surface area contributed by atoms with Gasteiger partial charge in [0.25, 0.3) is 0 Å². The molecular formula is C22H25NO5S. The Bertz CT molecular complexity index is 911. The van der Waals surface area contributed by atoms with Crippen LogP contribution < -0.4 is 5.32 Å². The molecular weight excluding hydrogens is 390 g/mol. The van der Waals surface area contributed by atoms with Gasteiger partial charge in [-0.15, -0.1) is 11.3 Å². The molecule has 0 saturated heterocycles. The second-order valence-electron chi connectivity index (χ2n) is 6.56. The summed E-state index contributed by atoms with van der Waals surface area (Å²) in [5.74, 6) is -1.49. The molecule has 1 heterocycles. The molecule has 7 heteroatoms. The quantitative estimate of drug-likeness (QED) is 0.506. The van der Waals surface area contributed by atoms with Gasteiger partial charge in [-0.1, -0.05) is 35.9 Å². The van der Waals surface area contributed by atoms with Crippen LogP contribution in [0.25, 0.3) is 0 Å². The molecule has 0 fully saturated rings. The van der Waals surface area contributed by atoms with Crippen LogP contribution in [0.4, 0.5) is 5.00 Å². The number of amides is 1. The average Bonchev–Trinajstić information content (AvgIpc) is 2.98. The van der Waals surface area contributed by atoms with Crippen LogP contribution in [0.2, 0.25) is 0 Å². The maximum atomic E-state index is 12.6. The Balaban J connectivity index is 2.20. The molecule has 2 aromatic rings. The van der Waals surface area contributed by atoms with Crippen molar-refractivity contribution in [2.24, 2.45) is 0 Å². The Morgan fingerprint density at radius 2 is 1.76 bits per heavy atom. The number of nitrogens with one attached hydrogen (secondary N) is 1. The number of benzene rings is 1. The van der Waals surface area contributed by atoms with Crippen LogP contribution >= 0.6 is 11.3 Å². The van der Waals surface area contributed by atoms with Crippen LogP contribution in [-0.2, 0) is 20.7 Å². The fourth-order valence-corrected chi connectivity index (χ4v) is 3.72. The van der Waals surface area contributed by atoms with Gasteiger partial charge in [-0.3, -0.25) is 4.79 Å². The van der Waals surface area contributed by atoms with Gasteiger partial charge in [-0.05, 0) is 38.8 Å². The van der Waals surface area contributed by atoms with Gasteiger partial charge in [0.05, 0.1) is 18.8 Å². The zero-order chi connectivity index (χ0) is 21.4. The van der Waals surface area contributed by atoms with Gasteiger partial charge in [0.1, 0.15) is 9.88 Å². The fraction of sp³-hybridized carbons (Fsp3) is 0.318. The molecule has 1 aromatic heterocycles. The highest BCUT2D eigenvalue weighted by atomic mass is 32.1. The highest BCUT2D eigenvalue weighted by Crippen LogP contribution is 2.34. The highest BCUT2D eigenvalue weighted by Gasteiger charge is 2.27. The first kappa shape index (κ1) is 22.4. The van der Waals surface area contributed by atoms with Gasteiger partial charge in [0.2, 0.25) is 5.91 Å². The van der Waals surface area contributed by atoms with Crippen molar-refractivity contribution in [1.29, 1.82) is 0 Å². The van der Waals surface area contributed by atoms with Crippen molar-refractivity contribution < 1.29 is 23.9 Å². The number of esters is 2. The molecule has 1 amide bonds. The predicted octanol–water partition coefficient (Wildman–Crippen LogP) is 4.54. The first-order valence-electron chi connectivity index (χ1n) is 9.30. The van der Waals surface area contributed by atoms with E-state index in [1.807, 2.05) is 30.3 Å². The largest absolute Gasteiger partial charge is 0.462 e. The molecule has 0 spiro atoms. The third-order valence-corrected chi connectivity index (χ3v) is 5.12. The summed E-state index contributed by atoms with van der Waals surface area (Å²) in [7, 11) is 0. The summed E-state index contributed by atoms with van der Waals surface area (Å²) in [5, 5.41) is 2.95. The molecule has 0 saturated carbocycles. The maximum Gasteiger partial charge on any atom is 0.348 e. The minimum absolute atomic E-state index is 0.183. The zero-order valence-corrected chi connectivity index (χ0v) is 17.9. The Kier molecular flexibility index (Phi) is 8.15. The number of allylic oxidation sites excluding steroid dienone is 1. The molecule has 154 valence electrons. The van der Waals surface area contributed by atoms with E-state index in [9.17, 15) is 14.4 Å². The monoisotopic (exact) mass is 415 g/mol. The van der Waals surface area contributed by atoms with Crippen LogP contribution in [0.15, 0.2) is 42.0 Å². The number of ether oxygens (including phenoxy) is 2. The molecule has 0 aliphatic rings. The molecule has 0 atom stereocenters. The molecule has 2 rings (SSSR count). The number of hydrogen-bond acceptors (Lipinski definition) is 6. The lowest BCUT2D eigenvalue weighted by atomic mass is 10.1. The predicted molar refractivity (Wildman–Crippen MR) is 114 cm³/mol. The lowest BCUT2D eigenvalue weighted by Gasteiger charge is -2.06. The van der Waals surface area contributed by atoms with E-state index in [1.54, 1.807) is 27.7 Å². The molecule has 6 nitrogen and oxygen atoms in total. The average molecular weight is 416 g/mol. The van der Waals surface area contributed by atoms with Crippen molar-refractivity contribution >= 4 is 34.2 Å². The second-order valence-corrected chi connectivity index (χ2v) is 7.58. The first-order chi connectivity index (χ1) is 13.8. The summed E-state index contributed by atoms with van der Waals surface area (Å²) in [4.78, 5) is 37.4. The number of hydrogen-bond donors (Lipinski definition) is 1. The third kappa shape index (κ3) is 6.29. The van der Waals surface area contributed by atoms with Crippen molar-refractivity contribution in [3.8, 4) is 0 Å². The zero-order valence-electron chi connectivity index (χ0n) is 17.0. The third-order valence-electron chi connectivity index (χ3n) is 3.93. The summed E-state index contributed by atoms with van der Waals surface area (Å²) in [6.07, 6.45) is 2.01. The smallest absolute Gasteiger partial charge is 0.348 e. The lowest BCUT2D eigenvalue weighted by Crippen LogP contribution is -2.13. The SMILES string of the molecule is CCOC(=O)c1c(NC(=O)C=C(C)C)sc(C(=O)OCCc2ccccc2)c1C. The summed E-state index contributed by atoms with van der Waals surface area (Å²) < 4.78 is 10.5. The number of anilines is 1. The van der Waals surface area contributed by atoms with Crippen LogP contribution in [0, 0.1) is 6.92 Å². The molecule has 0 aliphatic carbocycles. The van der Waals surface area contributed by atoms with Crippen molar-refractivity contribution in [1.82, 2.24) is 0 Å². The van der Waals surface area contributed by atoms with Gasteiger partial charge in [0.15, 0.2) is 0 Å². The molecule has 0 unspecified atom stereocenters. The molecule has 0 aliphatic heterocycles. The Labute approximate surface area is 174 Å². The molecule has 0 bridgehead atoms. The number of carbonyl (C=O) groups excluding carboxylic acids is 3. The van der Waals surface area contributed by atoms with E-state index in [-0.39, 0.29) is 34.6 Å². The highest BCUT2D eigenvalue weighted by molar-refractivity contribution is 7.18. The summed E-state index contributed by atoms with van der Waals surface area (Å²) in [6.45, 7) is 7.33. The Morgan fingerprint density at radius 3 is 2.38 bits per heavy atom. The van der Waals surface area contributed by atoms with Crippen molar-refractivity contribution in [3.63, 3.8) is 0 Å². The summed E-state index contributed by atoms with van der Waals surface area (Å²) in [6, 6.07) is 9.69. The van der Waals surface area contributed by atoms with Crippen molar-refractivity contribution in [2.45, 2.75) is 34.1 Å². The van der Waals surface area contributed by atoms with Crippen LogP contribution in [-0.4, -0.2) is 31.1 Å². The second kappa shape index (κ2) is 10.6. The summed E-state index contributed by atoms with van der Waals surface area (Å²) in [5.41, 5.74) is 2.49. The normalized spacial score (nSPS) is 10.2. The molecule has 1 aromatic carbocycles. The van der Waals surface area contributed by atoms with Crippen LogP contribution in [0.5, 0.6) is 0 Å². The maximum absolute atomic E-state index is 12.6. The van der Waals surface area contributed by atoms with Gasteiger partial charge in [-0.2, -0.15) is 0 Å². The van der Waals surface area contributed by atoms with Crippen LogP contribution in [0.1, 0.15) is 51.9 Å². The van der Waals surface area contributed by atoms with Crippen molar-refractivity contribution in [2.75, 3.05) is 18.5 Å².